The number of hydrogen-bond donors (Lipinski definition) is 3. The van der Waals surface area contributed by atoms with Gasteiger partial charge in [-0.15, -0.1) is 0 Å². The van der Waals surface area contributed by atoms with Gasteiger partial charge in [0, 0.05) is 21.7 Å². The van der Waals surface area contributed by atoms with Gasteiger partial charge in [-0.05, 0) is 72.3 Å². The summed E-state index contributed by atoms with van der Waals surface area (Å²) in [5.41, 5.74) is 0.186. The lowest BCUT2D eigenvalue weighted by Gasteiger charge is -2.17. The van der Waals surface area contributed by atoms with Crippen LogP contribution < -0.4 is 15.6 Å². The molecule has 0 aliphatic heterocycles. The predicted molar refractivity (Wildman–Crippen MR) is 117 cm³/mol. The number of anilines is 3. The topological polar surface area (TPSA) is 96.0 Å². The Kier molecular flexibility index (Phi) is 5.79. The normalized spacial score (nSPS) is 11.4. The summed E-state index contributed by atoms with van der Waals surface area (Å²) in [6.07, 6.45) is 2.84. The van der Waals surface area contributed by atoms with E-state index >= 15 is 4.39 Å². The Morgan fingerprint density at radius 3 is 2.61 bits per heavy atom. The fourth-order valence-corrected chi connectivity index (χ4v) is 3.86. The standard InChI is InChI=1S/C18H18FIN4O3S/c1-3-28(26,27)23-14-10-24(15-5-4-8-21-15)18(25)16(19)17(14)22-13-7-6-12(20)9-11(13)2/h4-10,21-23H,3H2,1-2H3. The maximum Gasteiger partial charge on any atom is 0.294 e. The van der Waals surface area contributed by atoms with Gasteiger partial charge in [0.15, 0.2) is 0 Å². The molecule has 2 aromatic heterocycles. The quantitative estimate of drug-likeness (QED) is 0.436. The number of aryl methyl sites for hydroxylation is 1. The van der Waals surface area contributed by atoms with Crippen molar-refractivity contribution in [2.24, 2.45) is 0 Å². The van der Waals surface area contributed by atoms with Crippen LogP contribution in [-0.4, -0.2) is 23.7 Å². The highest BCUT2D eigenvalue weighted by molar-refractivity contribution is 14.1. The first-order valence-corrected chi connectivity index (χ1v) is 11.1. The third-order valence-electron chi connectivity index (χ3n) is 4.09. The SMILES string of the molecule is CCS(=O)(=O)Nc1cn(-c2ccc[nH]2)c(=O)c(F)c1Nc1ccc(I)cc1C. The summed E-state index contributed by atoms with van der Waals surface area (Å²) in [6, 6.07) is 8.68. The Morgan fingerprint density at radius 2 is 2.00 bits per heavy atom. The van der Waals surface area contributed by atoms with Crippen molar-refractivity contribution in [1.29, 1.82) is 0 Å². The lowest BCUT2D eigenvalue weighted by Crippen LogP contribution is -2.26. The van der Waals surface area contributed by atoms with Crippen molar-refractivity contribution in [3.8, 4) is 5.82 Å². The molecular formula is C18H18FIN4O3S. The van der Waals surface area contributed by atoms with Gasteiger partial charge in [-0.3, -0.25) is 14.1 Å². The van der Waals surface area contributed by atoms with Crippen molar-refractivity contribution in [3.63, 3.8) is 0 Å². The number of benzene rings is 1. The Morgan fingerprint density at radius 1 is 1.25 bits per heavy atom. The number of rotatable bonds is 6. The van der Waals surface area contributed by atoms with Gasteiger partial charge in [-0.2, -0.15) is 4.39 Å². The molecule has 0 atom stereocenters. The van der Waals surface area contributed by atoms with Crippen LogP contribution in [0.4, 0.5) is 21.5 Å². The molecule has 0 amide bonds. The van der Waals surface area contributed by atoms with E-state index in [4.69, 9.17) is 0 Å². The second-order valence-corrected chi connectivity index (χ2v) is 9.31. The maximum absolute atomic E-state index is 15.0. The lowest BCUT2D eigenvalue weighted by atomic mass is 10.2. The van der Waals surface area contributed by atoms with E-state index in [0.29, 0.717) is 11.5 Å². The van der Waals surface area contributed by atoms with E-state index in [9.17, 15) is 13.2 Å². The highest BCUT2D eigenvalue weighted by Crippen LogP contribution is 2.30. The third-order valence-corrected chi connectivity index (χ3v) is 6.05. The lowest BCUT2D eigenvalue weighted by molar-refractivity contribution is 0.600. The van der Waals surface area contributed by atoms with Crippen LogP contribution in [0, 0.1) is 16.3 Å². The van der Waals surface area contributed by atoms with Crippen molar-refractivity contribution < 1.29 is 12.8 Å². The number of aromatic nitrogens is 2. The Bertz CT molecular complexity index is 1170. The average Bonchev–Trinajstić information content (AvgIpc) is 3.17. The summed E-state index contributed by atoms with van der Waals surface area (Å²) in [6.45, 7) is 3.30. The molecule has 148 valence electrons. The summed E-state index contributed by atoms with van der Waals surface area (Å²) in [4.78, 5) is 15.4. The van der Waals surface area contributed by atoms with E-state index in [1.54, 1.807) is 24.4 Å². The van der Waals surface area contributed by atoms with Gasteiger partial charge in [-0.1, -0.05) is 0 Å². The molecule has 0 bridgehead atoms. The Hall–Kier alpha value is -2.34. The molecule has 7 nitrogen and oxygen atoms in total. The number of aromatic amines is 1. The molecular weight excluding hydrogens is 498 g/mol. The molecule has 3 rings (SSSR count). The summed E-state index contributed by atoms with van der Waals surface area (Å²) in [7, 11) is -3.70. The van der Waals surface area contributed by atoms with E-state index < -0.39 is 21.4 Å². The van der Waals surface area contributed by atoms with Crippen LogP contribution in [-0.2, 0) is 10.0 Å². The van der Waals surface area contributed by atoms with Gasteiger partial charge in [0.25, 0.3) is 5.56 Å². The van der Waals surface area contributed by atoms with Crippen LogP contribution in [0.2, 0.25) is 0 Å². The number of nitrogens with one attached hydrogen (secondary N) is 3. The van der Waals surface area contributed by atoms with E-state index in [1.165, 1.54) is 13.1 Å². The second-order valence-electron chi connectivity index (χ2n) is 6.05. The van der Waals surface area contributed by atoms with Gasteiger partial charge >= 0.3 is 0 Å². The minimum Gasteiger partial charge on any atom is -0.351 e. The summed E-state index contributed by atoms with van der Waals surface area (Å²) < 4.78 is 43.7. The highest BCUT2D eigenvalue weighted by atomic mass is 127. The summed E-state index contributed by atoms with van der Waals surface area (Å²) in [5.74, 6) is -0.972. The number of halogens is 2. The minimum atomic E-state index is -3.70. The number of nitrogens with zero attached hydrogens (tertiary/aromatic N) is 1. The number of pyridine rings is 1. The first-order valence-electron chi connectivity index (χ1n) is 8.34. The summed E-state index contributed by atoms with van der Waals surface area (Å²) >= 11 is 2.15. The van der Waals surface area contributed by atoms with E-state index in [0.717, 1.165) is 13.7 Å². The first-order chi connectivity index (χ1) is 13.2. The average molecular weight is 516 g/mol. The van der Waals surface area contributed by atoms with Crippen molar-refractivity contribution in [3.05, 3.63) is 68.0 Å². The van der Waals surface area contributed by atoms with Crippen LogP contribution in [0.15, 0.2) is 47.5 Å². The molecule has 1 aromatic carbocycles. The van der Waals surface area contributed by atoms with Crippen molar-refractivity contribution >= 4 is 49.7 Å². The number of hydrogen-bond acceptors (Lipinski definition) is 4. The van der Waals surface area contributed by atoms with E-state index in [1.807, 2.05) is 19.1 Å². The zero-order valence-corrected chi connectivity index (χ0v) is 18.1. The highest BCUT2D eigenvalue weighted by Gasteiger charge is 2.21. The second kappa shape index (κ2) is 7.95. The van der Waals surface area contributed by atoms with Gasteiger partial charge in [0.1, 0.15) is 11.5 Å². The van der Waals surface area contributed by atoms with Crippen LogP contribution in [0.25, 0.3) is 5.82 Å². The molecule has 0 saturated carbocycles. The molecule has 3 aromatic rings. The van der Waals surface area contributed by atoms with E-state index in [2.05, 4.69) is 37.6 Å². The molecule has 0 unspecified atom stereocenters. The molecule has 10 heteroatoms. The predicted octanol–water partition coefficient (Wildman–Crippen LogP) is 3.72. The maximum atomic E-state index is 15.0. The van der Waals surface area contributed by atoms with E-state index in [-0.39, 0.29) is 17.1 Å². The summed E-state index contributed by atoms with van der Waals surface area (Å²) in [5, 5.41) is 2.87. The molecule has 0 radical (unpaired) electrons. The van der Waals surface area contributed by atoms with Gasteiger partial charge in [0.05, 0.1) is 11.4 Å². The molecule has 0 aliphatic carbocycles. The van der Waals surface area contributed by atoms with Gasteiger partial charge < -0.3 is 10.3 Å². The van der Waals surface area contributed by atoms with Gasteiger partial charge in [-0.25, -0.2) is 8.42 Å². The van der Waals surface area contributed by atoms with Crippen LogP contribution in [0.3, 0.4) is 0 Å². The smallest absolute Gasteiger partial charge is 0.294 e. The van der Waals surface area contributed by atoms with Crippen molar-refractivity contribution in [2.45, 2.75) is 13.8 Å². The largest absolute Gasteiger partial charge is 0.351 e. The van der Waals surface area contributed by atoms with Crippen LogP contribution >= 0.6 is 22.6 Å². The number of H-pyrrole nitrogens is 1. The molecule has 28 heavy (non-hydrogen) atoms. The first kappa shape index (κ1) is 20.4. The Balaban J connectivity index is 2.19. The fraction of sp³-hybridized carbons (Fsp3) is 0.167. The van der Waals surface area contributed by atoms with Crippen LogP contribution in [0.5, 0.6) is 0 Å². The molecule has 0 saturated heterocycles. The monoisotopic (exact) mass is 516 g/mol. The zero-order valence-electron chi connectivity index (χ0n) is 15.1. The van der Waals surface area contributed by atoms with Crippen LogP contribution in [0.1, 0.15) is 12.5 Å². The van der Waals surface area contributed by atoms with Crippen molar-refractivity contribution in [1.82, 2.24) is 9.55 Å². The minimum absolute atomic E-state index is 0.0634. The third kappa shape index (κ3) is 4.22. The fourth-order valence-electron chi connectivity index (χ4n) is 2.57. The molecule has 0 spiro atoms. The molecule has 3 N–H and O–H groups in total. The zero-order chi connectivity index (χ0) is 20.5. The molecule has 0 aliphatic rings. The molecule has 0 fully saturated rings. The van der Waals surface area contributed by atoms with Crippen molar-refractivity contribution in [2.75, 3.05) is 15.8 Å². The Labute approximate surface area is 175 Å². The number of sulfonamides is 1. The van der Waals surface area contributed by atoms with Gasteiger partial charge in [0.2, 0.25) is 15.8 Å². The molecule has 2 heterocycles.